The van der Waals surface area contributed by atoms with Crippen molar-refractivity contribution in [2.45, 2.75) is 24.1 Å². The third kappa shape index (κ3) is 3.10. The fourth-order valence-electron chi connectivity index (χ4n) is 2.42. The molecule has 0 spiro atoms. The lowest BCUT2D eigenvalue weighted by Crippen LogP contribution is -2.53. The number of carbonyl (C=O) groups excluding carboxylic acids is 1. The summed E-state index contributed by atoms with van der Waals surface area (Å²) in [4.78, 5) is 17.7. The topological polar surface area (TPSA) is 79.8 Å². The molecule has 1 atom stereocenters. The van der Waals surface area contributed by atoms with E-state index in [9.17, 15) is 13.2 Å². The molecule has 0 aromatic carbocycles. The molecule has 0 N–H and O–H groups in total. The lowest BCUT2D eigenvalue weighted by Gasteiger charge is -2.38. The first-order chi connectivity index (χ1) is 9.91. The molecule has 0 saturated carbocycles. The number of esters is 1. The average Bonchev–Trinajstić information content (AvgIpc) is 2.96. The Morgan fingerprint density at radius 2 is 2.24 bits per heavy atom. The summed E-state index contributed by atoms with van der Waals surface area (Å²) in [5, 5.41) is 0. The Bertz CT molecular complexity index is 614. The van der Waals surface area contributed by atoms with Crippen LogP contribution in [0.3, 0.4) is 0 Å². The van der Waals surface area contributed by atoms with Crippen molar-refractivity contribution in [2.75, 3.05) is 33.3 Å². The summed E-state index contributed by atoms with van der Waals surface area (Å²) in [7, 11) is -2.50. The first kappa shape index (κ1) is 16.3. The standard InChI is InChI=1S/C12H19N3O4S2/c1-4-14-5-6-15(7-9(14)2)21(17,18)12-10(11(16)19-3)13-8-20-12/h8-9H,4-7H2,1-3H3. The van der Waals surface area contributed by atoms with E-state index >= 15 is 0 Å². The van der Waals surface area contributed by atoms with E-state index in [1.54, 1.807) is 0 Å². The third-order valence-electron chi connectivity index (χ3n) is 3.62. The second-order valence-corrected chi connectivity index (χ2v) is 7.81. The van der Waals surface area contributed by atoms with Crippen molar-refractivity contribution in [2.24, 2.45) is 0 Å². The third-order valence-corrected chi connectivity index (χ3v) is 6.83. The number of aromatic nitrogens is 1. The number of thiazole rings is 1. The molecule has 0 amide bonds. The molecule has 118 valence electrons. The SMILES string of the molecule is CCN1CCN(S(=O)(=O)c2scnc2C(=O)OC)CC1C. The first-order valence-corrected chi connectivity index (χ1v) is 8.99. The van der Waals surface area contributed by atoms with Crippen molar-refractivity contribution >= 4 is 27.3 Å². The van der Waals surface area contributed by atoms with Gasteiger partial charge in [-0.3, -0.25) is 4.90 Å². The number of likely N-dealkylation sites (N-methyl/N-ethyl adjacent to an activating group) is 1. The van der Waals surface area contributed by atoms with Crippen LogP contribution in [0.5, 0.6) is 0 Å². The minimum atomic E-state index is -3.71. The number of hydrogen-bond donors (Lipinski definition) is 0. The Balaban J connectivity index is 2.27. The van der Waals surface area contributed by atoms with Crippen LogP contribution < -0.4 is 0 Å². The molecule has 0 bridgehead atoms. The van der Waals surface area contributed by atoms with Gasteiger partial charge in [0.15, 0.2) is 9.90 Å². The summed E-state index contributed by atoms with van der Waals surface area (Å²) in [5.74, 6) is -0.727. The maximum atomic E-state index is 12.7. The summed E-state index contributed by atoms with van der Waals surface area (Å²) in [6, 6.07) is 0.146. The van der Waals surface area contributed by atoms with Gasteiger partial charge in [0.05, 0.1) is 12.6 Å². The smallest absolute Gasteiger partial charge is 0.358 e. The van der Waals surface area contributed by atoms with Crippen molar-refractivity contribution in [3.63, 3.8) is 0 Å². The van der Waals surface area contributed by atoms with Gasteiger partial charge in [0.1, 0.15) is 0 Å². The molecular formula is C12H19N3O4S2. The van der Waals surface area contributed by atoms with Crippen LogP contribution in [0, 0.1) is 0 Å². The summed E-state index contributed by atoms with van der Waals surface area (Å²) in [6.45, 7) is 6.46. The molecule has 0 radical (unpaired) electrons. The van der Waals surface area contributed by atoms with Crippen LogP contribution >= 0.6 is 11.3 Å². The maximum absolute atomic E-state index is 12.7. The highest BCUT2D eigenvalue weighted by molar-refractivity contribution is 7.91. The highest BCUT2D eigenvalue weighted by Crippen LogP contribution is 2.26. The summed E-state index contributed by atoms with van der Waals surface area (Å²) in [5.41, 5.74) is 1.22. The van der Waals surface area contributed by atoms with Gasteiger partial charge in [-0.2, -0.15) is 4.31 Å². The molecule has 2 rings (SSSR count). The van der Waals surface area contributed by atoms with Gasteiger partial charge in [0.2, 0.25) is 0 Å². The summed E-state index contributed by atoms with van der Waals surface area (Å²) >= 11 is 0.946. The van der Waals surface area contributed by atoms with E-state index in [1.165, 1.54) is 16.9 Å². The highest BCUT2D eigenvalue weighted by Gasteiger charge is 2.35. The Hall–Kier alpha value is -1.03. The van der Waals surface area contributed by atoms with Crippen LogP contribution in [0.15, 0.2) is 9.72 Å². The molecule has 1 aromatic heterocycles. The number of piperazine rings is 1. The van der Waals surface area contributed by atoms with Crippen LogP contribution in [-0.2, 0) is 14.8 Å². The van der Waals surface area contributed by atoms with Gasteiger partial charge in [-0.1, -0.05) is 6.92 Å². The lowest BCUT2D eigenvalue weighted by molar-refractivity contribution is 0.0590. The van der Waals surface area contributed by atoms with E-state index < -0.39 is 16.0 Å². The van der Waals surface area contributed by atoms with Crippen LogP contribution in [-0.4, -0.2) is 67.9 Å². The average molecular weight is 333 g/mol. The molecule has 9 heteroatoms. The lowest BCUT2D eigenvalue weighted by atomic mass is 10.2. The van der Waals surface area contributed by atoms with E-state index in [4.69, 9.17) is 0 Å². The molecule has 1 fully saturated rings. The zero-order chi connectivity index (χ0) is 15.6. The second-order valence-electron chi connectivity index (χ2n) is 4.82. The predicted molar refractivity (Wildman–Crippen MR) is 78.9 cm³/mol. The van der Waals surface area contributed by atoms with Crippen molar-refractivity contribution in [3.8, 4) is 0 Å². The predicted octanol–water partition coefficient (Wildman–Crippen LogP) is 0.644. The van der Waals surface area contributed by atoms with E-state index in [0.717, 1.165) is 17.9 Å². The van der Waals surface area contributed by atoms with E-state index in [2.05, 4.69) is 21.5 Å². The molecule has 1 aliphatic rings. The first-order valence-electron chi connectivity index (χ1n) is 6.67. The Labute approximate surface area is 128 Å². The largest absolute Gasteiger partial charge is 0.464 e. The molecular weight excluding hydrogens is 314 g/mol. The molecule has 1 aliphatic heterocycles. The Kier molecular flexibility index (Phi) is 4.97. The maximum Gasteiger partial charge on any atom is 0.358 e. The molecule has 21 heavy (non-hydrogen) atoms. The van der Waals surface area contributed by atoms with Crippen LogP contribution in [0.25, 0.3) is 0 Å². The Morgan fingerprint density at radius 3 is 2.81 bits per heavy atom. The van der Waals surface area contributed by atoms with Crippen LogP contribution in [0.4, 0.5) is 0 Å². The number of carbonyl (C=O) groups is 1. The van der Waals surface area contributed by atoms with Gasteiger partial charge in [0.25, 0.3) is 10.0 Å². The van der Waals surface area contributed by atoms with E-state index in [-0.39, 0.29) is 15.9 Å². The van der Waals surface area contributed by atoms with Gasteiger partial charge < -0.3 is 4.74 Å². The van der Waals surface area contributed by atoms with Gasteiger partial charge in [-0.05, 0) is 13.5 Å². The summed E-state index contributed by atoms with van der Waals surface area (Å²) in [6.07, 6.45) is 0. The fraction of sp³-hybridized carbons (Fsp3) is 0.667. The van der Waals surface area contributed by atoms with Crippen LogP contribution in [0.1, 0.15) is 24.3 Å². The monoisotopic (exact) mass is 333 g/mol. The number of ether oxygens (including phenoxy) is 1. The molecule has 0 aliphatic carbocycles. The zero-order valence-electron chi connectivity index (χ0n) is 12.3. The van der Waals surface area contributed by atoms with Gasteiger partial charge >= 0.3 is 5.97 Å². The van der Waals surface area contributed by atoms with Crippen molar-refractivity contribution in [1.82, 2.24) is 14.2 Å². The van der Waals surface area contributed by atoms with E-state index in [0.29, 0.717) is 19.6 Å². The molecule has 1 aromatic rings. The number of hydrogen-bond acceptors (Lipinski definition) is 7. The van der Waals surface area contributed by atoms with E-state index in [1.807, 2.05) is 6.92 Å². The minimum Gasteiger partial charge on any atom is -0.464 e. The highest BCUT2D eigenvalue weighted by atomic mass is 32.2. The number of sulfonamides is 1. The second kappa shape index (κ2) is 6.39. The molecule has 1 saturated heterocycles. The van der Waals surface area contributed by atoms with Crippen molar-refractivity contribution in [3.05, 3.63) is 11.2 Å². The molecule has 2 heterocycles. The quantitative estimate of drug-likeness (QED) is 0.753. The molecule has 1 unspecified atom stereocenters. The van der Waals surface area contributed by atoms with Gasteiger partial charge in [0, 0.05) is 25.7 Å². The van der Waals surface area contributed by atoms with Crippen molar-refractivity contribution < 1.29 is 17.9 Å². The number of nitrogens with zero attached hydrogens (tertiary/aromatic N) is 3. The number of rotatable bonds is 4. The van der Waals surface area contributed by atoms with Gasteiger partial charge in [-0.25, -0.2) is 18.2 Å². The summed E-state index contributed by atoms with van der Waals surface area (Å²) < 4.78 is 31.4. The Morgan fingerprint density at radius 1 is 1.52 bits per heavy atom. The fourth-order valence-corrected chi connectivity index (χ4v) is 5.20. The minimum absolute atomic E-state index is 0.0356. The van der Waals surface area contributed by atoms with Crippen molar-refractivity contribution in [1.29, 1.82) is 0 Å². The van der Waals surface area contributed by atoms with Gasteiger partial charge in [-0.15, -0.1) is 11.3 Å². The molecule has 7 nitrogen and oxygen atoms in total. The van der Waals surface area contributed by atoms with Crippen LogP contribution in [0.2, 0.25) is 0 Å². The number of methoxy groups -OCH3 is 1. The zero-order valence-corrected chi connectivity index (χ0v) is 13.9. The normalized spacial score (nSPS) is 21.4.